The first-order valence-electron chi connectivity index (χ1n) is 11.1. The quantitative estimate of drug-likeness (QED) is 0.366. The van der Waals surface area contributed by atoms with Gasteiger partial charge in [-0.1, -0.05) is 12.8 Å². The fraction of sp³-hybridized carbons (Fsp3) is 0.727. The molecule has 0 radical (unpaired) electrons. The van der Waals surface area contributed by atoms with Crippen molar-refractivity contribution in [2.75, 3.05) is 44.3 Å². The highest BCUT2D eigenvalue weighted by atomic mass is 16.5. The van der Waals surface area contributed by atoms with E-state index in [9.17, 15) is 0 Å². The van der Waals surface area contributed by atoms with Gasteiger partial charge in [-0.05, 0) is 62.6 Å². The second-order valence-corrected chi connectivity index (χ2v) is 7.92. The minimum atomic E-state index is 0.664. The molecule has 1 saturated heterocycles. The van der Waals surface area contributed by atoms with Crippen molar-refractivity contribution >= 4 is 11.8 Å². The van der Waals surface area contributed by atoms with Crippen LogP contribution in [0.4, 0.5) is 5.82 Å². The highest BCUT2D eigenvalue weighted by Crippen LogP contribution is 2.28. The van der Waals surface area contributed by atoms with Crippen LogP contribution in [0.5, 0.6) is 0 Å². The molecular formula is C22H37N5O. The Morgan fingerprint density at radius 1 is 1.21 bits per heavy atom. The van der Waals surface area contributed by atoms with Gasteiger partial charge in [0.25, 0.3) is 0 Å². The third kappa shape index (κ3) is 7.66. The number of nitrogens with one attached hydrogen (secondary N) is 2. The largest absolute Gasteiger partial charge is 0.381 e. The molecule has 6 nitrogen and oxygen atoms in total. The van der Waals surface area contributed by atoms with E-state index in [0.717, 1.165) is 63.5 Å². The molecule has 0 atom stereocenters. The highest BCUT2D eigenvalue weighted by Gasteiger charge is 2.20. The zero-order valence-corrected chi connectivity index (χ0v) is 17.5. The van der Waals surface area contributed by atoms with Gasteiger partial charge in [-0.3, -0.25) is 0 Å². The number of anilines is 1. The first-order chi connectivity index (χ1) is 13.8. The summed E-state index contributed by atoms with van der Waals surface area (Å²) in [6.45, 7) is 8.50. The normalized spacial score (nSPS) is 18.0. The summed E-state index contributed by atoms with van der Waals surface area (Å²) in [5.41, 5.74) is 1.21. The van der Waals surface area contributed by atoms with Crippen LogP contribution in [-0.2, 0) is 11.3 Å². The number of nitrogens with zero attached hydrogens (tertiary/aromatic N) is 3. The summed E-state index contributed by atoms with van der Waals surface area (Å²) in [4.78, 5) is 11.8. The molecule has 2 N–H and O–H groups in total. The van der Waals surface area contributed by atoms with Crippen molar-refractivity contribution in [1.82, 2.24) is 15.6 Å². The third-order valence-corrected chi connectivity index (χ3v) is 5.31. The SMILES string of the molecule is CCNC(=NCc1ccnc(N2CCCCCC2)c1)NCCCOCC1CC1. The second kappa shape index (κ2) is 11.9. The van der Waals surface area contributed by atoms with Gasteiger partial charge in [-0.15, -0.1) is 0 Å². The summed E-state index contributed by atoms with van der Waals surface area (Å²) in [5, 5.41) is 6.74. The van der Waals surface area contributed by atoms with Gasteiger partial charge in [-0.25, -0.2) is 9.98 Å². The lowest BCUT2D eigenvalue weighted by atomic mass is 10.2. The van der Waals surface area contributed by atoms with E-state index in [-0.39, 0.29) is 0 Å². The summed E-state index contributed by atoms with van der Waals surface area (Å²) in [6, 6.07) is 4.27. The third-order valence-electron chi connectivity index (χ3n) is 5.31. The molecule has 1 aliphatic carbocycles. The van der Waals surface area contributed by atoms with Gasteiger partial charge in [0.15, 0.2) is 5.96 Å². The van der Waals surface area contributed by atoms with Crippen LogP contribution in [0.3, 0.4) is 0 Å². The molecule has 0 bridgehead atoms. The van der Waals surface area contributed by atoms with Gasteiger partial charge in [-0.2, -0.15) is 0 Å². The van der Waals surface area contributed by atoms with Crippen molar-refractivity contribution in [1.29, 1.82) is 0 Å². The standard InChI is InChI=1S/C22H37N5O/c1-2-23-22(25-11-7-15-28-18-19-8-9-19)26-17-20-10-12-24-21(16-20)27-13-5-3-4-6-14-27/h10,12,16,19H,2-9,11,13-15,17-18H2,1H3,(H2,23,25,26). The van der Waals surface area contributed by atoms with E-state index in [2.05, 4.69) is 39.6 Å². The molecule has 2 heterocycles. The van der Waals surface area contributed by atoms with Crippen LogP contribution in [0.15, 0.2) is 23.3 Å². The van der Waals surface area contributed by atoms with Gasteiger partial charge < -0.3 is 20.3 Å². The van der Waals surface area contributed by atoms with Crippen molar-refractivity contribution in [3.63, 3.8) is 0 Å². The monoisotopic (exact) mass is 387 g/mol. The second-order valence-electron chi connectivity index (χ2n) is 7.92. The fourth-order valence-electron chi connectivity index (χ4n) is 3.46. The number of aliphatic imine (C=N–C) groups is 1. The Kier molecular flexibility index (Phi) is 8.88. The summed E-state index contributed by atoms with van der Waals surface area (Å²) in [7, 11) is 0. The molecule has 0 amide bonds. The molecule has 0 aromatic carbocycles. The number of guanidine groups is 1. The zero-order chi connectivity index (χ0) is 19.4. The number of rotatable bonds is 10. The lowest BCUT2D eigenvalue weighted by molar-refractivity contribution is 0.123. The predicted octanol–water partition coefficient (Wildman–Crippen LogP) is 3.33. The molecular weight excluding hydrogens is 350 g/mol. The Balaban J connectivity index is 1.45. The number of hydrogen-bond acceptors (Lipinski definition) is 4. The van der Waals surface area contributed by atoms with Gasteiger partial charge >= 0.3 is 0 Å². The summed E-state index contributed by atoms with van der Waals surface area (Å²) < 4.78 is 5.70. The molecule has 0 unspecified atom stereocenters. The molecule has 28 heavy (non-hydrogen) atoms. The Morgan fingerprint density at radius 2 is 2.04 bits per heavy atom. The van der Waals surface area contributed by atoms with Gasteiger partial charge in [0.2, 0.25) is 0 Å². The minimum Gasteiger partial charge on any atom is -0.381 e. The van der Waals surface area contributed by atoms with Gasteiger partial charge in [0, 0.05) is 45.6 Å². The van der Waals surface area contributed by atoms with Crippen molar-refractivity contribution in [3.05, 3.63) is 23.9 Å². The molecule has 156 valence electrons. The number of aromatic nitrogens is 1. The Labute approximate surface area is 170 Å². The van der Waals surface area contributed by atoms with Crippen LogP contribution in [0.1, 0.15) is 57.4 Å². The molecule has 2 aliphatic rings. The lowest BCUT2D eigenvalue weighted by Gasteiger charge is -2.21. The summed E-state index contributed by atoms with van der Waals surface area (Å²) >= 11 is 0. The van der Waals surface area contributed by atoms with Crippen LogP contribution in [-0.4, -0.2) is 50.3 Å². The zero-order valence-electron chi connectivity index (χ0n) is 17.5. The average Bonchev–Trinajstić information content (AvgIpc) is 3.56. The van der Waals surface area contributed by atoms with E-state index >= 15 is 0 Å². The number of hydrogen-bond donors (Lipinski definition) is 2. The molecule has 1 aromatic rings. The van der Waals surface area contributed by atoms with Crippen LogP contribution in [0.25, 0.3) is 0 Å². The summed E-state index contributed by atoms with van der Waals surface area (Å²) in [6.07, 6.45) is 10.8. The van der Waals surface area contributed by atoms with E-state index in [0.29, 0.717) is 6.54 Å². The minimum absolute atomic E-state index is 0.664. The molecule has 0 spiro atoms. The average molecular weight is 388 g/mol. The topological polar surface area (TPSA) is 61.8 Å². The molecule has 2 fully saturated rings. The summed E-state index contributed by atoms with van der Waals surface area (Å²) in [5.74, 6) is 2.81. The fourth-order valence-corrected chi connectivity index (χ4v) is 3.46. The van der Waals surface area contributed by atoms with Crippen molar-refractivity contribution < 1.29 is 4.74 Å². The van der Waals surface area contributed by atoms with E-state index in [1.165, 1.54) is 44.1 Å². The molecule has 6 heteroatoms. The molecule has 1 aliphatic heterocycles. The van der Waals surface area contributed by atoms with E-state index in [4.69, 9.17) is 9.73 Å². The van der Waals surface area contributed by atoms with Crippen LogP contribution < -0.4 is 15.5 Å². The smallest absolute Gasteiger partial charge is 0.191 e. The molecule has 3 rings (SSSR count). The maximum atomic E-state index is 5.70. The highest BCUT2D eigenvalue weighted by molar-refractivity contribution is 5.79. The van der Waals surface area contributed by atoms with E-state index in [1.54, 1.807) is 0 Å². The maximum absolute atomic E-state index is 5.70. The van der Waals surface area contributed by atoms with Crippen molar-refractivity contribution in [2.45, 2.75) is 58.4 Å². The Bertz CT molecular complexity index is 594. The van der Waals surface area contributed by atoms with Crippen LogP contribution in [0, 0.1) is 5.92 Å². The van der Waals surface area contributed by atoms with Crippen LogP contribution in [0.2, 0.25) is 0 Å². The van der Waals surface area contributed by atoms with E-state index < -0.39 is 0 Å². The van der Waals surface area contributed by atoms with Gasteiger partial charge in [0.1, 0.15) is 5.82 Å². The van der Waals surface area contributed by atoms with E-state index in [1.807, 2.05) is 6.20 Å². The number of ether oxygens (including phenoxy) is 1. The van der Waals surface area contributed by atoms with Gasteiger partial charge in [0.05, 0.1) is 6.54 Å². The first-order valence-corrected chi connectivity index (χ1v) is 11.1. The lowest BCUT2D eigenvalue weighted by Crippen LogP contribution is -2.38. The van der Waals surface area contributed by atoms with Crippen LogP contribution >= 0.6 is 0 Å². The first kappa shape index (κ1) is 20.9. The maximum Gasteiger partial charge on any atom is 0.191 e. The Morgan fingerprint density at radius 3 is 2.79 bits per heavy atom. The van der Waals surface area contributed by atoms with Crippen molar-refractivity contribution in [2.24, 2.45) is 10.9 Å². The molecule has 1 aromatic heterocycles. The number of pyridine rings is 1. The Hall–Kier alpha value is -1.82. The van der Waals surface area contributed by atoms with Crippen molar-refractivity contribution in [3.8, 4) is 0 Å². The predicted molar refractivity (Wildman–Crippen MR) is 116 cm³/mol. The molecule has 1 saturated carbocycles.